The SMILES string of the molecule is O=C(c1cccc(Oc2cccc(Cl)c2)c1)[P+](O)(O)O. The third-order valence-corrected chi connectivity index (χ3v) is 3.42. The Balaban J connectivity index is 2.25. The van der Waals surface area contributed by atoms with E-state index in [1.807, 2.05) is 0 Å². The molecule has 0 fully saturated rings. The van der Waals surface area contributed by atoms with E-state index in [2.05, 4.69) is 0 Å². The Labute approximate surface area is 120 Å². The van der Waals surface area contributed by atoms with Crippen LogP contribution in [-0.2, 0) is 0 Å². The Morgan fingerprint density at radius 2 is 1.60 bits per heavy atom. The van der Waals surface area contributed by atoms with Crippen molar-refractivity contribution in [3.8, 4) is 11.5 Å². The van der Waals surface area contributed by atoms with Crippen LogP contribution in [0.4, 0.5) is 0 Å². The van der Waals surface area contributed by atoms with Gasteiger partial charge in [0, 0.05) is 5.02 Å². The number of rotatable bonds is 4. The Kier molecular flexibility index (Phi) is 4.38. The van der Waals surface area contributed by atoms with Crippen LogP contribution in [0, 0.1) is 0 Å². The normalized spacial score (nSPS) is 11.2. The second-order valence-electron chi connectivity index (χ2n) is 3.96. The lowest BCUT2D eigenvalue weighted by Crippen LogP contribution is -2.05. The van der Waals surface area contributed by atoms with Gasteiger partial charge < -0.3 is 4.74 Å². The van der Waals surface area contributed by atoms with Crippen molar-refractivity contribution < 1.29 is 24.2 Å². The zero-order chi connectivity index (χ0) is 14.8. The molecule has 0 amide bonds. The van der Waals surface area contributed by atoms with Gasteiger partial charge in [0.05, 0.1) is 5.56 Å². The maximum Gasteiger partial charge on any atom is 0.483 e. The first-order chi connectivity index (χ1) is 9.36. The molecule has 2 aromatic rings. The lowest BCUT2D eigenvalue weighted by atomic mass is 10.2. The maximum absolute atomic E-state index is 11.5. The minimum absolute atomic E-state index is 0.0506. The molecular formula is C13H11ClO5P+. The third kappa shape index (κ3) is 3.76. The van der Waals surface area contributed by atoms with Crippen LogP contribution in [0.25, 0.3) is 0 Å². The first kappa shape index (κ1) is 14.9. The summed E-state index contributed by atoms with van der Waals surface area (Å²) in [6.45, 7) is 0. The minimum Gasteiger partial charge on any atom is -0.457 e. The van der Waals surface area contributed by atoms with Crippen molar-refractivity contribution in [1.29, 1.82) is 0 Å². The summed E-state index contributed by atoms with van der Waals surface area (Å²) in [5, 5.41) is 0.501. The van der Waals surface area contributed by atoms with Gasteiger partial charge in [-0.3, -0.25) is 0 Å². The molecule has 0 unspecified atom stereocenters. The Morgan fingerprint density at radius 1 is 1.00 bits per heavy atom. The minimum atomic E-state index is -4.55. The number of hydrogen-bond acceptors (Lipinski definition) is 5. The van der Waals surface area contributed by atoms with Gasteiger partial charge in [-0.15, -0.1) is 0 Å². The molecule has 0 saturated heterocycles. The molecule has 0 aromatic heterocycles. The monoisotopic (exact) mass is 313 g/mol. The van der Waals surface area contributed by atoms with Gasteiger partial charge in [0.25, 0.3) is 0 Å². The maximum atomic E-state index is 11.5. The highest BCUT2D eigenvalue weighted by Gasteiger charge is 2.43. The van der Waals surface area contributed by atoms with Crippen molar-refractivity contribution in [3.63, 3.8) is 0 Å². The van der Waals surface area contributed by atoms with Gasteiger partial charge in [0.15, 0.2) is 0 Å². The lowest BCUT2D eigenvalue weighted by Gasteiger charge is -2.07. The second kappa shape index (κ2) is 5.87. The van der Waals surface area contributed by atoms with Crippen molar-refractivity contribution in [1.82, 2.24) is 0 Å². The predicted octanol–water partition coefficient (Wildman–Crippen LogP) is 3.01. The fourth-order valence-electron chi connectivity index (χ4n) is 1.53. The van der Waals surface area contributed by atoms with E-state index >= 15 is 0 Å². The molecule has 5 nitrogen and oxygen atoms in total. The van der Waals surface area contributed by atoms with E-state index in [1.165, 1.54) is 18.2 Å². The second-order valence-corrected chi connectivity index (χ2v) is 5.94. The topological polar surface area (TPSA) is 87.0 Å². The third-order valence-electron chi connectivity index (χ3n) is 2.39. The highest BCUT2D eigenvalue weighted by atomic mass is 35.5. The molecule has 104 valence electrons. The van der Waals surface area contributed by atoms with Crippen LogP contribution in [0.3, 0.4) is 0 Å². The average molecular weight is 314 g/mol. The van der Waals surface area contributed by atoms with E-state index < -0.39 is 13.5 Å². The average Bonchev–Trinajstić information content (AvgIpc) is 2.37. The van der Waals surface area contributed by atoms with Gasteiger partial charge in [0.2, 0.25) is 0 Å². The van der Waals surface area contributed by atoms with Gasteiger partial charge in [-0.1, -0.05) is 23.7 Å². The summed E-state index contributed by atoms with van der Waals surface area (Å²) in [6.07, 6.45) is 0. The van der Waals surface area contributed by atoms with Crippen LogP contribution in [0.1, 0.15) is 10.4 Å². The highest BCUT2D eigenvalue weighted by molar-refractivity contribution is 7.76. The molecule has 20 heavy (non-hydrogen) atoms. The molecule has 0 spiro atoms. The Bertz CT molecular complexity index is 639. The zero-order valence-electron chi connectivity index (χ0n) is 10.1. The molecule has 0 heterocycles. The lowest BCUT2D eigenvalue weighted by molar-refractivity contribution is 0.102. The van der Waals surface area contributed by atoms with E-state index in [1.54, 1.807) is 30.3 Å². The number of benzene rings is 2. The van der Waals surface area contributed by atoms with Crippen LogP contribution in [0.15, 0.2) is 48.5 Å². The largest absolute Gasteiger partial charge is 0.483 e. The van der Waals surface area contributed by atoms with E-state index in [-0.39, 0.29) is 5.56 Å². The standard InChI is InChI=1S/C13H11ClO5P/c14-10-4-2-6-12(8-10)19-11-5-1-3-9(7-11)13(15)20(16,17)18/h1-8,16-18H/q+1. The Morgan fingerprint density at radius 3 is 2.20 bits per heavy atom. The molecule has 3 N–H and O–H groups in total. The van der Waals surface area contributed by atoms with E-state index in [9.17, 15) is 4.79 Å². The van der Waals surface area contributed by atoms with Crippen LogP contribution in [0.2, 0.25) is 5.02 Å². The van der Waals surface area contributed by atoms with Crippen LogP contribution >= 0.6 is 19.5 Å². The fraction of sp³-hybridized carbons (Fsp3) is 0. The van der Waals surface area contributed by atoms with Crippen molar-refractivity contribution in [2.24, 2.45) is 0 Å². The quantitative estimate of drug-likeness (QED) is 0.755. The molecular weight excluding hydrogens is 303 g/mol. The summed E-state index contributed by atoms with van der Waals surface area (Å²) in [7, 11) is -4.55. The van der Waals surface area contributed by atoms with Gasteiger partial charge in [-0.2, -0.15) is 14.7 Å². The van der Waals surface area contributed by atoms with Gasteiger partial charge in [-0.25, -0.2) is 4.79 Å². The summed E-state index contributed by atoms with van der Waals surface area (Å²) < 4.78 is 5.49. The Hall–Kier alpha value is -1.49. The van der Waals surface area contributed by atoms with Crippen LogP contribution in [0.5, 0.6) is 11.5 Å². The number of halogens is 1. The first-order valence-corrected chi connectivity index (χ1v) is 7.54. The van der Waals surface area contributed by atoms with E-state index in [0.717, 1.165) is 0 Å². The molecule has 2 aromatic carbocycles. The number of carbonyl (C=O) groups is 1. The van der Waals surface area contributed by atoms with Crippen molar-refractivity contribution in [2.45, 2.75) is 0 Å². The predicted molar refractivity (Wildman–Crippen MR) is 75.9 cm³/mol. The molecule has 0 bridgehead atoms. The van der Waals surface area contributed by atoms with Crippen molar-refractivity contribution in [3.05, 3.63) is 59.1 Å². The smallest absolute Gasteiger partial charge is 0.457 e. The molecule has 7 heteroatoms. The molecule has 0 aliphatic carbocycles. The van der Waals surface area contributed by atoms with E-state index in [4.69, 9.17) is 31.0 Å². The number of carbonyl (C=O) groups excluding carboxylic acids is 1. The molecule has 0 saturated carbocycles. The van der Waals surface area contributed by atoms with Gasteiger partial charge in [0.1, 0.15) is 11.5 Å². The molecule has 2 rings (SSSR count). The summed E-state index contributed by atoms with van der Waals surface area (Å²) in [6, 6.07) is 12.4. The highest BCUT2D eigenvalue weighted by Crippen LogP contribution is 2.48. The van der Waals surface area contributed by atoms with E-state index in [0.29, 0.717) is 16.5 Å². The van der Waals surface area contributed by atoms with Crippen LogP contribution < -0.4 is 4.74 Å². The zero-order valence-corrected chi connectivity index (χ0v) is 11.8. The molecule has 0 atom stereocenters. The molecule has 0 aliphatic heterocycles. The summed E-state index contributed by atoms with van der Waals surface area (Å²) in [5.74, 6) is 0.784. The number of ether oxygens (including phenoxy) is 1. The number of hydrogen-bond donors (Lipinski definition) is 3. The van der Waals surface area contributed by atoms with Gasteiger partial charge >= 0.3 is 13.5 Å². The first-order valence-electron chi connectivity index (χ1n) is 5.52. The summed E-state index contributed by atoms with van der Waals surface area (Å²) >= 11 is 5.82. The van der Waals surface area contributed by atoms with Crippen molar-refractivity contribution in [2.75, 3.05) is 0 Å². The summed E-state index contributed by atoms with van der Waals surface area (Å²) in [4.78, 5) is 38.5. The van der Waals surface area contributed by atoms with Crippen LogP contribution in [-0.4, -0.2) is 20.2 Å². The van der Waals surface area contributed by atoms with Crippen molar-refractivity contribution >= 4 is 25.1 Å². The fourth-order valence-corrected chi connectivity index (χ4v) is 2.20. The molecule has 0 aliphatic rings. The van der Waals surface area contributed by atoms with Gasteiger partial charge in [-0.05, 0) is 36.4 Å². The molecule has 0 radical (unpaired) electrons. The summed E-state index contributed by atoms with van der Waals surface area (Å²) in [5.41, 5.74) is -1.18.